The fraction of sp³-hybridized carbons (Fsp3) is 0.900. The number of amides is 2. The van der Waals surface area contributed by atoms with Crippen molar-refractivity contribution in [1.29, 1.82) is 0 Å². The average Bonchev–Trinajstić information content (AvgIpc) is 2.88. The van der Waals surface area contributed by atoms with Gasteiger partial charge in [-0.3, -0.25) is 9.59 Å². The highest BCUT2D eigenvalue weighted by Crippen LogP contribution is 2.31. The molecule has 0 bridgehead atoms. The lowest BCUT2D eigenvalue weighted by molar-refractivity contribution is -0.333. The molecule has 3 rings (SSSR count). The number of hydrogen-bond donors (Lipinski definition) is 11. The summed E-state index contributed by atoms with van der Waals surface area (Å²) in [5, 5.41) is 76.5. The molecule has 37 heavy (non-hydrogen) atoms. The number of rotatable bonds is 10. The first kappa shape index (κ1) is 30.0. The van der Waals surface area contributed by atoms with E-state index >= 15 is 0 Å². The molecule has 0 spiro atoms. The summed E-state index contributed by atoms with van der Waals surface area (Å²) in [5.41, 5.74) is 12.0. The van der Waals surface area contributed by atoms with Gasteiger partial charge in [-0.25, -0.2) is 0 Å². The topological polar surface area (TPSA) is 289 Å². The van der Waals surface area contributed by atoms with Gasteiger partial charge in [0.05, 0.1) is 18.7 Å². The first-order valence-corrected chi connectivity index (χ1v) is 11.7. The highest BCUT2D eigenvalue weighted by molar-refractivity contribution is 5.47. The molecule has 0 unspecified atom stereocenters. The van der Waals surface area contributed by atoms with Crippen molar-refractivity contribution in [2.45, 2.75) is 98.2 Å². The van der Waals surface area contributed by atoms with E-state index in [1.54, 1.807) is 0 Å². The van der Waals surface area contributed by atoms with Crippen LogP contribution in [0.25, 0.3) is 0 Å². The molecule has 0 aromatic carbocycles. The molecule has 2 saturated heterocycles. The summed E-state index contributed by atoms with van der Waals surface area (Å²) in [6.45, 7) is -0.869. The maximum atomic E-state index is 11.2. The lowest BCUT2D eigenvalue weighted by Gasteiger charge is -2.48. The van der Waals surface area contributed by atoms with Gasteiger partial charge in [-0.05, 0) is 6.42 Å². The van der Waals surface area contributed by atoms with Gasteiger partial charge in [0.2, 0.25) is 12.8 Å². The smallest absolute Gasteiger partial charge is 0.207 e. The molecule has 17 heteroatoms. The number of aliphatic hydroxyl groups excluding tert-OH is 7. The molecule has 15 atom stereocenters. The van der Waals surface area contributed by atoms with E-state index < -0.39 is 98.4 Å². The predicted octanol–water partition coefficient (Wildman–Crippen LogP) is -7.72. The Morgan fingerprint density at radius 2 is 1.41 bits per heavy atom. The van der Waals surface area contributed by atoms with Crippen molar-refractivity contribution in [2.75, 3.05) is 13.2 Å². The number of nitrogens with two attached hydrogens (primary N) is 2. The molecule has 0 aromatic rings. The third-order valence-corrected chi connectivity index (χ3v) is 6.89. The van der Waals surface area contributed by atoms with Gasteiger partial charge < -0.3 is 76.8 Å². The van der Waals surface area contributed by atoms with E-state index in [1.165, 1.54) is 0 Å². The Kier molecular flexibility index (Phi) is 10.5. The van der Waals surface area contributed by atoms with Crippen LogP contribution in [0, 0.1) is 0 Å². The number of hydrogen-bond acceptors (Lipinski definition) is 15. The molecule has 0 radical (unpaired) electrons. The van der Waals surface area contributed by atoms with Gasteiger partial charge in [-0.2, -0.15) is 0 Å². The first-order valence-electron chi connectivity index (χ1n) is 11.7. The van der Waals surface area contributed by atoms with E-state index in [0.29, 0.717) is 12.8 Å². The number of carbonyl (C=O) groups is 2. The summed E-state index contributed by atoms with van der Waals surface area (Å²) in [4.78, 5) is 21.8. The minimum Gasteiger partial charge on any atom is -0.394 e. The molecule has 3 aliphatic rings. The van der Waals surface area contributed by atoms with Gasteiger partial charge in [-0.15, -0.1) is 0 Å². The second-order valence-corrected chi connectivity index (χ2v) is 9.31. The van der Waals surface area contributed by atoms with Gasteiger partial charge in [0, 0.05) is 12.6 Å². The standard InChI is InChI=1S/C20H36N4O13/c21-6-1-7(24-5-27)18(37-20-15(32)14(31)12(29)8(34-20)2-23-4-26)16(33)17(6)36-19-13(30)10(22)11(28)9(3-25)35-19/h4-20,25,28-33H,1-3,21-22H2,(H,23,26)(H,24,27)/t6-,7+,8+,9+,10+,11-,12+,13+,14-,15+,16-,17+,18-,19+,20-/m0/s1. The van der Waals surface area contributed by atoms with Gasteiger partial charge in [0.1, 0.15) is 61.0 Å². The molecule has 0 aromatic heterocycles. The Bertz CT molecular complexity index is 753. The number of nitrogens with one attached hydrogen (secondary N) is 2. The largest absolute Gasteiger partial charge is 0.394 e. The number of ether oxygens (including phenoxy) is 4. The van der Waals surface area contributed by atoms with Crippen LogP contribution in [-0.4, -0.2) is 153 Å². The molecular formula is C20H36N4O13. The van der Waals surface area contributed by atoms with Crippen LogP contribution in [0.2, 0.25) is 0 Å². The van der Waals surface area contributed by atoms with Crippen LogP contribution in [0.3, 0.4) is 0 Å². The van der Waals surface area contributed by atoms with Crippen molar-refractivity contribution in [3.63, 3.8) is 0 Å². The van der Waals surface area contributed by atoms with E-state index in [2.05, 4.69) is 10.6 Å². The summed E-state index contributed by atoms with van der Waals surface area (Å²) in [7, 11) is 0. The summed E-state index contributed by atoms with van der Waals surface area (Å²) in [6.07, 6.45) is -17.2. The summed E-state index contributed by atoms with van der Waals surface area (Å²) in [5.74, 6) is 0. The molecule has 2 amide bonds. The first-order chi connectivity index (χ1) is 17.5. The highest BCUT2D eigenvalue weighted by Gasteiger charge is 2.52. The predicted molar refractivity (Wildman–Crippen MR) is 118 cm³/mol. The average molecular weight is 541 g/mol. The molecule has 17 nitrogen and oxygen atoms in total. The van der Waals surface area contributed by atoms with Crippen molar-refractivity contribution in [3.8, 4) is 0 Å². The Hall–Kier alpha value is -1.58. The zero-order valence-electron chi connectivity index (χ0n) is 19.7. The third kappa shape index (κ3) is 6.36. The summed E-state index contributed by atoms with van der Waals surface area (Å²) < 4.78 is 22.4. The number of aliphatic hydroxyl groups is 7. The lowest BCUT2D eigenvalue weighted by atomic mass is 9.83. The van der Waals surface area contributed by atoms with Crippen LogP contribution in [0.5, 0.6) is 0 Å². The Labute approximate surface area is 211 Å². The molecule has 3 fully saturated rings. The third-order valence-electron chi connectivity index (χ3n) is 6.89. The SMILES string of the molecule is N[C@@H]1[C@@H](O)[C@@H](CO)O[C@H](O[C@H]2[C@H](O)[C@@H](O[C@@H]3O[C@H](CNC=O)[C@@H](O)[C@H](O)[C@H]3O)[C@H](NC=O)C[C@@H]2N)[C@@H]1O. The van der Waals surface area contributed by atoms with E-state index in [4.69, 9.17) is 30.4 Å². The van der Waals surface area contributed by atoms with Crippen LogP contribution >= 0.6 is 0 Å². The van der Waals surface area contributed by atoms with E-state index in [9.17, 15) is 45.3 Å². The minimum absolute atomic E-state index is 0.0316. The van der Waals surface area contributed by atoms with Crippen molar-refractivity contribution in [2.24, 2.45) is 11.5 Å². The fourth-order valence-electron chi connectivity index (χ4n) is 4.75. The van der Waals surface area contributed by atoms with Gasteiger partial charge in [0.25, 0.3) is 0 Å². The molecular weight excluding hydrogens is 504 g/mol. The van der Waals surface area contributed by atoms with Crippen LogP contribution in [0.4, 0.5) is 0 Å². The molecule has 2 aliphatic heterocycles. The highest BCUT2D eigenvalue weighted by atomic mass is 16.7. The molecule has 1 saturated carbocycles. The summed E-state index contributed by atoms with van der Waals surface area (Å²) >= 11 is 0. The van der Waals surface area contributed by atoms with Crippen LogP contribution < -0.4 is 22.1 Å². The van der Waals surface area contributed by atoms with Crippen LogP contribution in [0.1, 0.15) is 6.42 Å². The van der Waals surface area contributed by atoms with Crippen molar-refractivity contribution < 1.29 is 64.3 Å². The Balaban J connectivity index is 1.78. The quantitative estimate of drug-likeness (QED) is 0.115. The second kappa shape index (κ2) is 13.0. The van der Waals surface area contributed by atoms with E-state index in [1.807, 2.05) is 0 Å². The Morgan fingerprint density at radius 3 is 2.03 bits per heavy atom. The van der Waals surface area contributed by atoms with Crippen LogP contribution in [0.15, 0.2) is 0 Å². The van der Waals surface area contributed by atoms with Crippen molar-refractivity contribution in [3.05, 3.63) is 0 Å². The molecule has 2 heterocycles. The van der Waals surface area contributed by atoms with Crippen molar-refractivity contribution >= 4 is 12.8 Å². The van der Waals surface area contributed by atoms with Gasteiger partial charge in [0.15, 0.2) is 12.6 Å². The summed E-state index contributed by atoms with van der Waals surface area (Å²) in [6, 6.07) is -3.13. The monoisotopic (exact) mass is 540 g/mol. The normalized spacial score (nSPS) is 48.7. The maximum absolute atomic E-state index is 11.2. The molecule has 1 aliphatic carbocycles. The lowest BCUT2D eigenvalue weighted by Crippen LogP contribution is -2.69. The number of carbonyl (C=O) groups excluding carboxylic acids is 2. The minimum atomic E-state index is -1.78. The fourth-order valence-corrected chi connectivity index (χ4v) is 4.75. The Morgan fingerprint density at radius 1 is 0.784 bits per heavy atom. The molecule has 214 valence electrons. The zero-order valence-corrected chi connectivity index (χ0v) is 19.7. The van der Waals surface area contributed by atoms with E-state index in [-0.39, 0.29) is 13.0 Å². The van der Waals surface area contributed by atoms with Crippen molar-refractivity contribution in [1.82, 2.24) is 10.6 Å². The second-order valence-electron chi connectivity index (χ2n) is 9.31. The molecule has 13 N–H and O–H groups in total. The maximum Gasteiger partial charge on any atom is 0.207 e. The van der Waals surface area contributed by atoms with Crippen LogP contribution in [-0.2, 0) is 28.5 Å². The van der Waals surface area contributed by atoms with E-state index in [0.717, 1.165) is 0 Å². The van der Waals surface area contributed by atoms with Gasteiger partial charge in [-0.1, -0.05) is 0 Å². The zero-order chi connectivity index (χ0) is 27.4. The van der Waals surface area contributed by atoms with Gasteiger partial charge >= 0.3 is 0 Å².